The molecular weight excluding hydrogens is 300 g/mol. The molecule has 2 heterocycles. The Morgan fingerprint density at radius 2 is 2.00 bits per heavy atom. The number of hydrogen-bond acceptors (Lipinski definition) is 6. The van der Waals surface area contributed by atoms with Crippen LogP contribution in [0.4, 0.5) is 0 Å². The average molecular weight is 314 g/mol. The number of aromatic nitrogens is 1. The number of pyridine rings is 1. The van der Waals surface area contributed by atoms with Gasteiger partial charge in [-0.25, -0.2) is 4.79 Å². The average Bonchev–Trinajstić information content (AvgIpc) is 3.06. The third kappa shape index (κ3) is 3.23. The lowest BCUT2D eigenvalue weighted by atomic mass is 10.2. The van der Waals surface area contributed by atoms with Gasteiger partial charge in [0.05, 0.1) is 24.9 Å². The van der Waals surface area contributed by atoms with Crippen molar-refractivity contribution < 1.29 is 23.8 Å². The molecule has 0 aliphatic carbocycles. The maximum atomic E-state index is 12.2. The Kier molecular flexibility index (Phi) is 4.09. The Hall–Kier alpha value is -3.09. The normalized spacial score (nSPS) is 11.9. The lowest BCUT2D eigenvalue weighted by Crippen LogP contribution is -2.23. The third-order valence-corrected chi connectivity index (χ3v) is 3.30. The second-order valence-electron chi connectivity index (χ2n) is 4.78. The van der Waals surface area contributed by atoms with Crippen LogP contribution in [0.3, 0.4) is 0 Å². The summed E-state index contributed by atoms with van der Waals surface area (Å²) >= 11 is 0. The number of fused-ring (bicyclic) bond motifs is 1. The first-order chi connectivity index (χ1) is 11.2. The number of amides is 1. The van der Waals surface area contributed by atoms with Crippen LogP contribution in [-0.2, 0) is 11.3 Å². The molecule has 0 unspecified atom stereocenters. The number of hydrogen-bond donors (Lipinski definition) is 1. The van der Waals surface area contributed by atoms with Crippen LogP contribution in [-0.4, -0.2) is 30.8 Å². The lowest BCUT2D eigenvalue weighted by molar-refractivity contribution is 0.0600. The summed E-state index contributed by atoms with van der Waals surface area (Å²) in [6, 6.07) is 8.09. The zero-order chi connectivity index (χ0) is 16.2. The van der Waals surface area contributed by atoms with Gasteiger partial charge in [0.15, 0.2) is 11.5 Å². The number of carbonyl (C=O) groups excluding carboxylic acids is 2. The number of rotatable bonds is 4. The van der Waals surface area contributed by atoms with Crippen molar-refractivity contribution in [1.82, 2.24) is 10.3 Å². The quantitative estimate of drug-likeness (QED) is 0.861. The van der Waals surface area contributed by atoms with Crippen LogP contribution in [0.5, 0.6) is 11.5 Å². The minimum atomic E-state index is -0.448. The molecule has 0 radical (unpaired) electrons. The van der Waals surface area contributed by atoms with Gasteiger partial charge in [0, 0.05) is 11.8 Å². The molecule has 1 aliphatic heterocycles. The van der Waals surface area contributed by atoms with Gasteiger partial charge in [-0.3, -0.25) is 9.78 Å². The fraction of sp³-hybridized carbons (Fsp3) is 0.188. The fourth-order valence-corrected chi connectivity index (χ4v) is 2.13. The molecule has 0 fully saturated rings. The van der Waals surface area contributed by atoms with E-state index >= 15 is 0 Å². The maximum absolute atomic E-state index is 12.2. The molecule has 7 nitrogen and oxygen atoms in total. The summed E-state index contributed by atoms with van der Waals surface area (Å²) in [4.78, 5) is 27.7. The van der Waals surface area contributed by atoms with Gasteiger partial charge in [-0.2, -0.15) is 0 Å². The zero-order valence-electron chi connectivity index (χ0n) is 12.4. The van der Waals surface area contributed by atoms with Crippen molar-refractivity contribution in [2.24, 2.45) is 0 Å². The minimum absolute atomic E-state index is 0.157. The summed E-state index contributed by atoms with van der Waals surface area (Å²) in [6.07, 6.45) is 1.49. The van der Waals surface area contributed by atoms with E-state index in [0.717, 1.165) is 0 Å². The Bertz CT molecular complexity index is 760. The molecule has 2 aromatic rings. The van der Waals surface area contributed by atoms with Gasteiger partial charge in [-0.15, -0.1) is 0 Å². The highest BCUT2D eigenvalue weighted by Crippen LogP contribution is 2.32. The Balaban J connectivity index is 1.66. The van der Waals surface area contributed by atoms with Gasteiger partial charge < -0.3 is 19.5 Å². The topological polar surface area (TPSA) is 86.8 Å². The molecular formula is C16H14N2O5. The van der Waals surface area contributed by atoms with Crippen molar-refractivity contribution in [3.8, 4) is 11.5 Å². The number of benzene rings is 1. The number of nitrogens with one attached hydrogen (secondary N) is 1. The van der Waals surface area contributed by atoms with E-state index in [-0.39, 0.29) is 19.2 Å². The molecule has 1 aliphatic rings. The van der Waals surface area contributed by atoms with Crippen LogP contribution in [0.25, 0.3) is 0 Å². The Labute approximate surface area is 132 Å². The molecule has 1 amide bonds. The van der Waals surface area contributed by atoms with Crippen LogP contribution in [0.2, 0.25) is 0 Å². The molecule has 1 aromatic carbocycles. The van der Waals surface area contributed by atoms with Crippen molar-refractivity contribution in [3.05, 3.63) is 53.3 Å². The van der Waals surface area contributed by atoms with E-state index < -0.39 is 5.97 Å². The van der Waals surface area contributed by atoms with E-state index in [1.54, 1.807) is 30.3 Å². The van der Waals surface area contributed by atoms with Crippen LogP contribution < -0.4 is 14.8 Å². The summed E-state index contributed by atoms with van der Waals surface area (Å²) in [6.45, 7) is 0.350. The molecule has 1 aromatic heterocycles. The summed E-state index contributed by atoms with van der Waals surface area (Å²) in [7, 11) is 1.31. The highest BCUT2D eigenvalue weighted by molar-refractivity contribution is 5.95. The molecule has 1 N–H and O–H groups in total. The van der Waals surface area contributed by atoms with E-state index in [1.807, 2.05) is 0 Å². The maximum Gasteiger partial charge on any atom is 0.337 e. The summed E-state index contributed by atoms with van der Waals surface area (Å²) < 4.78 is 15.1. The summed E-state index contributed by atoms with van der Waals surface area (Å²) in [5, 5.41) is 2.74. The fourth-order valence-electron chi connectivity index (χ4n) is 2.13. The minimum Gasteiger partial charge on any atom is -0.465 e. The van der Waals surface area contributed by atoms with Gasteiger partial charge in [0.1, 0.15) is 0 Å². The Morgan fingerprint density at radius 3 is 2.83 bits per heavy atom. The smallest absolute Gasteiger partial charge is 0.337 e. The molecule has 118 valence electrons. The molecule has 23 heavy (non-hydrogen) atoms. The van der Waals surface area contributed by atoms with Crippen LogP contribution in [0.15, 0.2) is 36.5 Å². The number of carbonyl (C=O) groups is 2. The first-order valence-corrected chi connectivity index (χ1v) is 6.88. The predicted octanol–water partition coefficient (Wildman–Crippen LogP) is 1.53. The summed E-state index contributed by atoms with van der Waals surface area (Å²) in [5.74, 6) is 0.446. The van der Waals surface area contributed by atoms with Gasteiger partial charge in [0.25, 0.3) is 5.91 Å². The van der Waals surface area contributed by atoms with Crippen molar-refractivity contribution >= 4 is 11.9 Å². The first kappa shape index (κ1) is 14.8. The molecule has 0 saturated carbocycles. The standard InChI is InChI=1S/C16H14N2O5/c1-21-16(20)11-4-5-17-12(6-11)8-18-15(19)10-2-3-13-14(7-10)23-9-22-13/h2-7H,8-9H2,1H3,(H,18,19). The van der Waals surface area contributed by atoms with Gasteiger partial charge >= 0.3 is 5.97 Å². The third-order valence-electron chi connectivity index (χ3n) is 3.30. The SMILES string of the molecule is COC(=O)c1ccnc(CNC(=O)c2ccc3c(c2)OCO3)c1. The molecule has 0 bridgehead atoms. The number of ether oxygens (including phenoxy) is 3. The van der Waals surface area contributed by atoms with E-state index in [2.05, 4.69) is 15.0 Å². The number of esters is 1. The van der Waals surface area contributed by atoms with Gasteiger partial charge in [-0.1, -0.05) is 0 Å². The predicted molar refractivity (Wildman–Crippen MR) is 79.3 cm³/mol. The van der Waals surface area contributed by atoms with E-state index in [0.29, 0.717) is 28.3 Å². The number of nitrogens with zero attached hydrogens (tertiary/aromatic N) is 1. The molecule has 0 saturated heterocycles. The second kappa shape index (κ2) is 6.35. The van der Waals surface area contributed by atoms with Crippen molar-refractivity contribution in [1.29, 1.82) is 0 Å². The Morgan fingerprint density at radius 1 is 1.17 bits per heavy atom. The highest BCUT2D eigenvalue weighted by Gasteiger charge is 2.16. The van der Waals surface area contributed by atoms with Crippen LogP contribution in [0.1, 0.15) is 26.4 Å². The number of methoxy groups -OCH3 is 1. The largest absolute Gasteiger partial charge is 0.465 e. The summed E-state index contributed by atoms with van der Waals surface area (Å²) in [5.41, 5.74) is 1.40. The molecule has 0 atom stereocenters. The molecule has 0 spiro atoms. The van der Waals surface area contributed by atoms with Gasteiger partial charge in [-0.05, 0) is 30.3 Å². The molecule has 7 heteroatoms. The zero-order valence-corrected chi connectivity index (χ0v) is 12.4. The molecule has 3 rings (SSSR count). The van der Waals surface area contributed by atoms with Crippen molar-refractivity contribution in [3.63, 3.8) is 0 Å². The van der Waals surface area contributed by atoms with Crippen molar-refractivity contribution in [2.45, 2.75) is 6.54 Å². The lowest BCUT2D eigenvalue weighted by Gasteiger charge is -2.07. The van der Waals surface area contributed by atoms with Crippen LogP contribution in [0, 0.1) is 0 Å². The second-order valence-corrected chi connectivity index (χ2v) is 4.78. The van der Waals surface area contributed by atoms with E-state index in [4.69, 9.17) is 9.47 Å². The van der Waals surface area contributed by atoms with E-state index in [1.165, 1.54) is 13.3 Å². The van der Waals surface area contributed by atoms with Gasteiger partial charge in [0.2, 0.25) is 6.79 Å². The van der Waals surface area contributed by atoms with Crippen LogP contribution >= 0.6 is 0 Å². The van der Waals surface area contributed by atoms with E-state index in [9.17, 15) is 9.59 Å². The van der Waals surface area contributed by atoms with Crippen molar-refractivity contribution in [2.75, 3.05) is 13.9 Å². The highest BCUT2D eigenvalue weighted by atomic mass is 16.7. The first-order valence-electron chi connectivity index (χ1n) is 6.88. The monoisotopic (exact) mass is 314 g/mol.